The maximum atomic E-state index is 6.12. The molecule has 8 rings (SSSR count). The minimum Gasteiger partial charge on any atom is -0.456 e. The average Bonchev–Trinajstić information content (AvgIpc) is 3.54. The zero-order chi connectivity index (χ0) is 26.8. The van der Waals surface area contributed by atoms with Gasteiger partial charge < -0.3 is 8.98 Å². The summed E-state index contributed by atoms with van der Waals surface area (Å²) in [5, 5.41) is 4.93. The third-order valence-electron chi connectivity index (χ3n) is 8.27. The molecule has 2 heteroatoms. The molecule has 0 spiro atoms. The number of hydrogen-bond donors (Lipinski definition) is 0. The van der Waals surface area contributed by atoms with E-state index in [0.717, 1.165) is 27.5 Å². The fourth-order valence-electron chi connectivity index (χ4n) is 6.28. The van der Waals surface area contributed by atoms with Crippen molar-refractivity contribution in [2.24, 2.45) is 0 Å². The first-order valence-electron chi connectivity index (χ1n) is 13.8. The molecule has 0 fully saturated rings. The molecule has 8 aromatic rings. The summed E-state index contributed by atoms with van der Waals surface area (Å²) in [6.07, 6.45) is 0. The van der Waals surface area contributed by atoms with Crippen molar-refractivity contribution in [2.75, 3.05) is 0 Å². The Bertz CT molecular complexity index is 2150. The van der Waals surface area contributed by atoms with Gasteiger partial charge in [0.1, 0.15) is 11.2 Å². The van der Waals surface area contributed by atoms with Crippen LogP contribution >= 0.6 is 0 Å². The molecular weight excluding hydrogens is 486 g/mol. The standard InChI is InChI=1S/C38H27NO/c1-24-7-5-10-33-34-11-6-8-25(2)38(34)39(37(24)33)30-20-17-27(18-21-30)26-13-15-28(16-14-26)29-19-22-32-31-9-3-4-12-35(31)40-36(32)23-29/h3-23H,1-2H3. The second-order valence-corrected chi connectivity index (χ2v) is 10.7. The number of nitrogens with zero attached hydrogens (tertiary/aromatic N) is 1. The largest absolute Gasteiger partial charge is 0.456 e. The van der Waals surface area contributed by atoms with E-state index >= 15 is 0 Å². The van der Waals surface area contributed by atoms with Crippen LogP contribution in [0.3, 0.4) is 0 Å². The van der Waals surface area contributed by atoms with E-state index in [0.29, 0.717) is 0 Å². The minimum absolute atomic E-state index is 0.925. The first kappa shape index (κ1) is 22.9. The Labute approximate surface area is 232 Å². The van der Waals surface area contributed by atoms with Crippen LogP contribution in [0.5, 0.6) is 0 Å². The van der Waals surface area contributed by atoms with Gasteiger partial charge in [-0.25, -0.2) is 0 Å². The van der Waals surface area contributed by atoms with Gasteiger partial charge in [0.2, 0.25) is 0 Å². The summed E-state index contributed by atoms with van der Waals surface area (Å²) in [5.41, 5.74) is 12.9. The molecule has 0 atom stereocenters. The Morgan fingerprint density at radius 3 is 1.57 bits per heavy atom. The number of rotatable bonds is 3. The molecule has 0 aliphatic rings. The number of aromatic nitrogens is 1. The summed E-state index contributed by atoms with van der Waals surface area (Å²) in [6.45, 7) is 4.41. The van der Waals surface area contributed by atoms with Crippen LogP contribution in [-0.2, 0) is 0 Å². The van der Waals surface area contributed by atoms with Gasteiger partial charge in [-0.1, -0.05) is 97.1 Å². The predicted octanol–water partition coefficient (Wildman–Crippen LogP) is 10.6. The molecule has 0 amide bonds. The van der Waals surface area contributed by atoms with Crippen LogP contribution in [-0.4, -0.2) is 4.57 Å². The van der Waals surface area contributed by atoms with E-state index < -0.39 is 0 Å². The van der Waals surface area contributed by atoms with Crippen molar-refractivity contribution in [1.82, 2.24) is 4.57 Å². The number of benzene rings is 6. The minimum atomic E-state index is 0.925. The summed E-state index contributed by atoms with van der Waals surface area (Å²) in [6, 6.07) is 45.7. The van der Waals surface area contributed by atoms with E-state index in [1.807, 2.05) is 12.1 Å². The van der Waals surface area contributed by atoms with Gasteiger partial charge in [0.25, 0.3) is 0 Å². The zero-order valence-electron chi connectivity index (χ0n) is 22.5. The third kappa shape index (κ3) is 3.43. The molecule has 190 valence electrons. The first-order valence-corrected chi connectivity index (χ1v) is 13.8. The molecule has 0 saturated heterocycles. The van der Waals surface area contributed by atoms with Crippen LogP contribution in [0.2, 0.25) is 0 Å². The van der Waals surface area contributed by atoms with Gasteiger partial charge in [0.15, 0.2) is 0 Å². The molecule has 0 radical (unpaired) electrons. The molecular formula is C38H27NO. The topological polar surface area (TPSA) is 18.1 Å². The lowest BCUT2D eigenvalue weighted by Crippen LogP contribution is -1.96. The highest BCUT2D eigenvalue weighted by molar-refractivity contribution is 6.11. The van der Waals surface area contributed by atoms with E-state index in [-0.39, 0.29) is 0 Å². The Balaban J connectivity index is 1.16. The second kappa shape index (κ2) is 8.72. The van der Waals surface area contributed by atoms with Crippen molar-refractivity contribution >= 4 is 43.7 Å². The quantitative estimate of drug-likeness (QED) is 0.230. The monoisotopic (exact) mass is 513 g/mol. The fraction of sp³-hybridized carbons (Fsp3) is 0.0526. The first-order chi connectivity index (χ1) is 19.7. The van der Waals surface area contributed by atoms with Gasteiger partial charge in [-0.3, -0.25) is 0 Å². The van der Waals surface area contributed by atoms with Gasteiger partial charge in [0.05, 0.1) is 11.0 Å². The lowest BCUT2D eigenvalue weighted by atomic mass is 9.99. The Morgan fingerprint density at radius 1 is 0.425 bits per heavy atom. The van der Waals surface area contributed by atoms with Gasteiger partial charge in [0, 0.05) is 27.2 Å². The molecule has 0 N–H and O–H groups in total. The van der Waals surface area contributed by atoms with Crippen molar-refractivity contribution in [1.29, 1.82) is 0 Å². The molecule has 0 aliphatic heterocycles. The summed E-state index contributed by atoms with van der Waals surface area (Å²) >= 11 is 0. The number of aryl methyl sites for hydroxylation is 2. The highest BCUT2D eigenvalue weighted by atomic mass is 16.3. The Hall–Kier alpha value is -5.08. The lowest BCUT2D eigenvalue weighted by Gasteiger charge is -2.12. The normalized spacial score (nSPS) is 11.8. The molecule has 2 aromatic heterocycles. The van der Waals surface area contributed by atoms with Crippen LogP contribution in [0.4, 0.5) is 0 Å². The van der Waals surface area contributed by atoms with Gasteiger partial charge in [-0.2, -0.15) is 0 Å². The molecule has 2 nitrogen and oxygen atoms in total. The van der Waals surface area contributed by atoms with E-state index in [9.17, 15) is 0 Å². The molecule has 0 saturated carbocycles. The van der Waals surface area contributed by atoms with Crippen LogP contribution in [0.15, 0.2) is 132 Å². The zero-order valence-corrected chi connectivity index (χ0v) is 22.5. The highest BCUT2D eigenvalue weighted by Gasteiger charge is 2.15. The van der Waals surface area contributed by atoms with Crippen molar-refractivity contribution in [3.05, 3.63) is 139 Å². The van der Waals surface area contributed by atoms with Crippen molar-refractivity contribution < 1.29 is 4.42 Å². The van der Waals surface area contributed by atoms with E-state index in [2.05, 4.69) is 134 Å². The summed E-state index contributed by atoms with van der Waals surface area (Å²) in [4.78, 5) is 0. The molecule has 0 aliphatic carbocycles. The number of hydrogen-bond acceptors (Lipinski definition) is 1. The van der Waals surface area contributed by atoms with Crippen LogP contribution in [0.1, 0.15) is 11.1 Å². The van der Waals surface area contributed by atoms with Crippen LogP contribution in [0.25, 0.3) is 71.7 Å². The number of fused-ring (bicyclic) bond motifs is 6. The Morgan fingerprint density at radius 2 is 0.925 bits per heavy atom. The van der Waals surface area contributed by atoms with Crippen LogP contribution < -0.4 is 0 Å². The summed E-state index contributed by atoms with van der Waals surface area (Å²) in [7, 11) is 0. The van der Waals surface area contributed by atoms with Gasteiger partial charge in [-0.05, 0) is 77.6 Å². The molecule has 6 aromatic carbocycles. The van der Waals surface area contributed by atoms with E-state index in [1.165, 1.54) is 55.3 Å². The van der Waals surface area contributed by atoms with Crippen molar-refractivity contribution in [3.63, 3.8) is 0 Å². The van der Waals surface area contributed by atoms with Crippen LogP contribution in [0, 0.1) is 13.8 Å². The maximum absolute atomic E-state index is 6.12. The van der Waals surface area contributed by atoms with Gasteiger partial charge >= 0.3 is 0 Å². The SMILES string of the molecule is Cc1cccc2c3cccc(C)c3n(-c3ccc(-c4ccc(-c5ccc6c(c5)oc5ccccc56)cc4)cc3)c12. The highest BCUT2D eigenvalue weighted by Crippen LogP contribution is 2.36. The average molecular weight is 514 g/mol. The molecule has 40 heavy (non-hydrogen) atoms. The molecule has 2 heterocycles. The van der Waals surface area contributed by atoms with Gasteiger partial charge in [-0.15, -0.1) is 0 Å². The molecule has 0 unspecified atom stereocenters. The number of para-hydroxylation sites is 3. The summed E-state index contributed by atoms with van der Waals surface area (Å²) < 4.78 is 8.54. The maximum Gasteiger partial charge on any atom is 0.136 e. The summed E-state index contributed by atoms with van der Waals surface area (Å²) in [5.74, 6) is 0. The third-order valence-corrected chi connectivity index (χ3v) is 8.27. The number of furan rings is 1. The fourth-order valence-corrected chi connectivity index (χ4v) is 6.28. The van der Waals surface area contributed by atoms with Crippen molar-refractivity contribution in [3.8, 4) is 27.9 Å². The second-order valence-electron chi connectivity index (χ2n) is 10.7. The molecule has 0 bridgehead atoms. The smallest absolute Gasteiger partial charge is 0.136 e. The predicted molar refractivity (Wildman–Crippen MR) is 168 cm³/mol. The van der Waals surface area contributed by atoms with E-state index in [1.54, 1.807) is 0 Å². The van der Waals surface area contributed by atoms with Crippen molar-refractivity contribution in [2.45, 2.75) is 13.8 Å². The van der Waals surface area contributed by atoms with E-state index in [4.69, 9.17) is 4.42 Å². The lowest BCUT2D eigenvalue weighted by molar-refractivity contribution is 0.669. The Kier molecular flexibility index (Phi) is 4.99.